The van der Waals surface area contributed by atoms with Crippen LogP contribution in [0.3, 0.4) is 0 Å². The van der Waals surface area contributed by atoms with Crippen LogP contribution in [-0.2, 0) is 20.7 Å². The van der Waals surface area contributed by atoms with Crippen LogP contribution in [0.2, 0.25) is 0 Å². The van der Waals surface area contributed by atoms with Crippen molar-refractivity contribution in [3.8, 4) is 0 Å². The van der Waals surface area contributed by atoms with Gasteiger partial charge in [0.1, 0.15) is 11.0 Å². The molecule has 1 aliphatic heterocycles. The maximum absolute atomic E-state index is 12.5. The SMILES string of the molecule is CCCc1cc(C(=O)OC)c(NC(=O)C[C@H]2Nc3ccccc3NC2=O)s1. The van der Waals surface area contributed by atoms with Crippen LogP contribution in [0.4, 0.5) is 16.4 Å². The summed E-state index contributed by atoms with van der Waals surface area (Å²) in [6.45, 7) is 2.04. The van der Waals surface area contributed by atoms with Gasteiger partial charge in [-0.1, -0.05) is 25.5 Å². The Morgan fingerprint density at radius 1 is 1.26 bits per heavy atom. The molecular weight excluding hydrogens is 366 g/mol. The molecule has 3 rings (SSSR count). The second-order valence-corrected chi connectivity index (χ2v) is 7.32. The Labute approximate surface area is 161 Å². The zero-order chi connectivity index (χ0) is 19.4. The molecule has 0 aliphatic carbocycles. The fraction of sp³-hybridized carbons (Fsp3) is 0.316. The molecule has 1 aromatic carbocycles. The van der Waals surface area contributed by atoms with E-state index >= 15 is 0 Å². The summed E-state index contributed by atoms with van der Waals surface area (Å²) < 4.78 is 4.80. The third-order valence-corrected chi connectivity index (χ3v) is 5.27. The van der Waals surface area contributed by atoms with Gasteiger partial charge in [0, 0.05) is 4.88 Å². The van der Waals surface area contributed by atoms with E-state index in [0.29, 0.717) is 16.3 Å². The van der Waals surface area contributed by atoms with Crippen LogP contribution < -0.4 is 16.0 Å². The van der Waals surface area contributed by atoms with Crippen LogP contribution in [0, 0.1) is 0 Å². The Morgan fingerprint density at radius 3 is 2.70 bits per heavy atom. The number of para-hydroxylation sites is 2. The lowest BCUT2D eigenvalue weighted by Gasteiger charge is -2.26. The molecule has 1 aliphatic rings. The van der Waals surface area contributed by atoms with Crippen molar-refractivity contribution in [2.75, 3.05) is 23.1 Å². The summed E-state index contributed by atoms with van der Waals surface area (Å²) in [5.41, 5.74) is 1.80. The normalized spacial score (nSPS) is 15.3. The summed E-state index contributed by atoms with van der Waals surface area (Å²) in [5, 5.41) is 9.07. The van der Waals surface area contributed by atoms with E-state index in [2.05, 4.69) is 16.0 Å². The second kappa shape index (κ2) is 8.22. The van der Waals surface area contributed by atoms with Crippen LogP contribution in [-0.4, -0.2) is 30.9 Å². The van der Waals surface area contributed by atoms with Crippen molar-refractivity contribution in [2.24, 2.45) is 0 Å². The van der Waals surface area contributed by atoms with E-state index in [1.54, 1.807) is 12.1 Å². The van der Waals surface area contributed by atoms with E-state index in [0.717, 1.165) is 23.4 Å². The maximum Gasteiger partial charge on any atom is 0.340 e. The summed E-state index contributed by atoms with van der Waals surface area (Å²) in [6.07, 6.45) is 1.69. The molecule has 2 heterocycles. The Kier molecular flexibility index (Phi) is 5.75. The molecular formula is C19H21N3O4S. The highest BCUT2D eigenvalue weighted by molar-refractivity contribution is 7.16. The number of fused-ring (bicyclic) bond motifs is 1. The predicted molar refractivity (Wildman–Crippen MR) is 105 cm³/mol. The number of anilines is 3. The van der Waals surface area contributed by atoms with E-state index in [1.807, 2.05) is 25.1 Å². The number of nitrogens with one attached hydrogen (secondary N) is 3. The first-order chi connectivity index (χ1) is 13.0. The van der Waals surface area contributed by atoms with Gasteiger partial charge in [-0.15, -0.1) is 11.3 Å². The molecule has 8 heteroatoms. The number of aryl methyl sites for hydroxylation is 1. The maximum atomic E-state index is 12.5. The summed E-state index contributed by atoms with van der Waals surface area (Å²) in [4.78, 5) is 37.7. The number of carbonyl (C=O) groups excluding carboxylic acids is 3. The highest BCUT2D eigenvalue weighted by Crippen LogP contribution is 2.31. The number of amides is 2. The van der Waals surface area contributed by atoms with E-state index in [-0.39, 0.29) is 18.2 Å². The number of thiophene rings is 1. The Balaban J connectivity index is 1.71. The number of hydrogen-bond acceptors (Lipinski definition) is 6. The van der Waals surface area contributed by atoms with E-state index < -0.39 is 12.0 Å². The molecule has 27 heavy (non-hydrogen) atoms. The lowest BCUT2D eigenvalue weighted by molar-refractivity contribution is -0.122. The van der Waals surface area contributed by atoms with Crippen LogP contribution in [0.15, 0.2) is 30.3 Å². The standard InChI is InChI=1S/C19H21N3O4S/c1-3-6-11-9-12(19(25)26-2)18(27-11)22-16(23)10-15-17(24)21-14-8-5-4-7-13(14)20-15/h4-5,7-9,15,20H,3,6,10H2,1-2H3,(H,21,24)(H,22,23)/t15-/m1/s1. The largest absolute Gasteiger partial charge is 0.465 e. The molecule has 2 aromatic rings. The molecule has 142 valence electrons. The highest BCUT2D eigenvalue weighted by Gasteiger charge is 2.28. The van der Waals surface area contributed by atoms with Crippen molar-refractivity contribution in [1.82, 2.24) is 0 Å². The fourth-order valence-electron chi connectivity index (χ4n) is 2.86. The smallest absolute Gasteiger partial charge is 0.340 e. The molecule has 0 radical (unpaired) electrons. The van der Waals surface area contributed by atoms with Gasteiger partial charge < -0.3 is 20.7 Å². The third-order valence-electron chi connectivity index (χ3n) is 4.16. The molecule has 1 atom stereocenters. The number of benzene rings is 1. The number of carbonyl (C=O) groups is 3. The van der Waals surface area contributed by atoms with Crippen molar-refractivity contribution in [3.63, 3.8) is 0 Å². The van der Waals surface area contributed by atoms with Gasteiger partial charge >= 0.3 is 5.97 Å². The summed E-state index contributed by atoms with van der Waals surface area (Å²) >= 11 is 1.35. The van der Waals surface area contributed by atoms with Crippen LogP contribution in [0.1, 0.15) is 35.0 Å². The average Bonchev–Trinajstić information content (AvgIpc) is 3.04. The lowest BCUT2D eigenvalue weighted by atomic mass is 10.1. The highest BCUT2D eigenvalue weighted by atomic mass is 32.1. The monoisotopic (exact) mass is 387 g/mol. The quantitative estimate of drug-likeness (QED) is 0.661. The van der Waals surface area contributed by atoms with Crippen LogP contribution in [0.5, 0.6) is 0 Å². The van der Waals surface area contributed by atoms with Gasteiger partial charge in [-0.05, 0) is 24.6 Å². The summed E-state index contributed by atoms with van der Waals surface area (Å²) in [5.74, 6) is -1.11. The third kappa shape index (κ3) is 4.28. The number of esters is 1. The Hall–Kier alpha value is -2.87. The molecule has 0 fully saturated rings. The summed E-state index contributed by atoms with van der Waals surface area (Å²) in [7, 11) is 1.30. The van der Waals surface area contributed by atoms with E-state index in [1.165, 1.54) is 18.4 Å². The Bertz CT molecular complexity index is 878. The fourth-order valence-corrected chi connectivity index (χ4v) is 4.03. The molecule has 0 saturated carbocycles. The van der Waals surface area contributed by atoms with Crippen molar-refractivity contribution >= 4 is 45.5 Å². The first-order valence-corrected chi connectivity index (χ1v) is 9.50. The van der Waals surface area contributed by atoms with Crippen LogP contribution >= 0.6 is 11.3 Å². The van der Waals surface area contributed by atoms with Gasteiger partial charge in [0.2, 0.25) is 11.8 Å². The van der Waals surface area contributed by atoms with Gasteiger partial charge in [-0.3, -0.25) is 9.59 Å². The lowest BCUT2D eigenvalue weighted by Crippen LogP contribution is -2.41. The molecule has 0 spiro atoms. The zero-order valence-corrected chi connectivity index (χ0v) is 15.9. The van der Waals surface area contributed by atoms with E-state index in [4.69, 9.17) is 4.74 Å². The molecule has 7 nitrogen and oxygen atoms in total. The van der Waals surface area contributed by atoms with Crippen molar-refractivity contribution in [2.45, 2.75) is 32.2 Å². The average molecular weight is 387 g/mol. The number of methoxy groups -OCH3 is 1. The Morgan fingerprint density at radius 2 is 2.00 bits per heavy atom. The molecule has 0 saturated heterocycles. The summed E-state index contributed by atoms with van der Waals surface area (Å²) in [6, 6.07) is 8.37. The predicted octanol–water partition coefficient (Wildman–Crippen LogP) is 3.25. The van der Waals surface area contributed by atoms with Crippen molar-refractivity contribution in [3.05, 3.63) is 40.8 Å². The minimum Gasteiger partial charge on any atom is -0.465 e. The van der Waals surface area contributed by atoms with Gasteiger partial charge in [0.05, 0.1) is 30.5 Å². The molecule has 2 amide bonds. The van der Waals surface area contributed by atoms with Gasteiger partial charge in [-0.25, -0.2) is 4.79 Å². The minimum absolute atomic E-state index is 0.0538. The second-order valence-electron chi connectivity index (χ2n) is 6.18. The molecule has 1 aromatic heterocycles. The first kappa shape index (κ1) is 18.9. The minimum atomic E-state index is -0.684. The zero-order valence-electron chi connectivity index (χ0n) is 15.1. The number of rotatable bonds is 6. The first-order valence-electron chi connectivity index (χ1n) is 8.69. The van der Waals surface area contributed by atoms with Gasteiger partial charge in [0.25, 0.3) is 0 Å². The van der Waals surface area contributed by atoms with Gasteiger partial charge in [-0.2, -0.15) is 0 Å². The van der Waals surface area contributed by atoms with Crippen molar-refractivity contribution in [1.29, 1.82) is 0 Å². The molecule has 0 unspecified atom stereocenters. The van der Waals surface area contributed by atoms with Crippen molar-refractivity contribution < 1.29 is 19.1 Å². The topological polar surface area (TPSA) is 96.5 Å². The van der Waals surface area contributed by atoms with Crippen LogP contribution in [0.25, 0.3) is 0 Å². The van der Waals surface area contributed by atoms with E-state index in [9.17, 15) is 14.4 Å². The van der Waals surface area contributed by atoms with Gasteiger partial charge in [0.15, 0.2) is 0 Å². The molecule has 3 N–H and O–H groups in total. The molecule has 0 bridgehead atoms. The number of hydrogen-bond donors (Lipinski definition) is 3. The number of ether oxygens (including phenoxy) is 1.